The number of amidine groups is 1. The Morgan fingerprint density at radius 3 is 2.39 bits per heavy atom. The van der Waals surface area contributed by atoms with Gasteiger partial charge < -0.3 is 5.32 Å². The van der Waals surface area contributed by atoms with Crippen molar-refractivity contribution in [1.82, 2.24) is 0 Å². The van der Waals surface area contributed by atoms with Crippen LogP contribution in [0.25, 0.3) is 0 Å². The Kier molecular flexibility index (Phi) is 5.79. The second-order valence-corrected chi connectivity index (χ2v) is 7.06. The summed E-state index contributed by atoms with van der Waals surface area (Å²) in [7, 11) is -3.63. The summed E-state index contributed by atoms with van der Waals surface area (Å²) in [6.45, 7) is 0. The van der Waals surface area contributed by atoms with Gasteiger partial charge in [0.25, 0.3) is 10.0 Å². The van der Waals surface area contributed by atoms with Crippen molar-refractivity contribution in [2.24, 2.45) is 4.40 Å². The number of nitrogens with zero attached hydrogens (tertiary/aromatic N) is 2. The summed E-state index contributed by atoms with van der Waals surface area (Å²) in [5, 5.41) is 12.0. The van der Waals surface area contributed by atoms with Gasteiger partial charge in [0.15, 0.2) is 5.17 Å². The minimum Gasteiger partial charge on any atom is -0.334 e. The molecule has 0 amide bonds. The summed E-state index contributed by atoms with van der Waals surface area (Å²) >= 11 is 1.21. The van der Waals surface area contributed by atoms with E-state index in [-0.39, 0.29) is 10.9 Å². The maximum Gasteiger partial charge on any atom is 0.259 e. The Labute approximate surface area is 140 Å². The first-order valence-electron chi connectivity index (χ1n) is 6.70. The first-order chi connectivity index (χ1) is 11.0. The lowest BCUT2D eigenvalue weighted by Crippen LogP contribution is -2.12. The SMILES string of the molecule is CS/C(=N\S(=O)(=O)Cc1ccccc1)Nc1ccc(C#N)cc1. The molecule has 0 aliphatic rings. The molecule has 2 rings (SSSR count). The van der Waals surface area contributed by atoms with E-state index < -0.39 is 10.0 Å². The molecular weight excluding hydrogens is 330 g/mol. The van der Waals surface area contributed by atoms with E-state index in [0.717, 1.165) is 0 Å². The van der Waals surface area contributed by atoms with Gasteiger partial charge in [0.05, 0.1) is 17.4 Å². The zero-order valence-electron chi connectivity index (χ0n) is 12.4. The molecule has 0 saturated heterocycles. The van der Waals surface area contributed by atoms with Crippen LogP contribution in [0.15, 0.2) is 59.0 Å². The molecule has 0 aliphatic heterocycles. The fourth-order valence-corrected chi connectivity index (χ4v) is 3.64. The topological polar surface area (TPSA) is 82.3 Å². The predicted molar refractivity (Wildman–Crippen MR) is 94.8 cm³/mol. The molecule has 0 aliphatic carbocycles. The molecule has 0 spiro atoms. The predicted octanol–water partition coefficient (Wildman–Crippen LogP) is 3.22. The van der Waals surface area contributed by atoms with Crippen molar-refractivity contribution in [2.45, 2.75) is 5.75 Å². The minimum absolute atomic E-state index is 0.146. The number of hydrogen-bond acceptors (Lipinski definition) is 4. The highest BCUT2D eigenvalue weighted by atomic mass is 32.2. The summed E-state index contributed by atoms with van der Waals surface area (Å²) in [6.07, 6.45) is 1.74. The van der Waals surface area contributed by atoms with Gasteiger partial charge in [-0.1, -0.05) is 42.1 Å². The molecule has 1 N–H and O–H groups in total. The molecule has 0 fully saturated rings. The monoisotopic (exact) mass is 345 g/mol. The third-order valence-corrected chi connectivity index (χ3v) is 4.73. The van der Waals surface area contributed by atoms with Gasteiger partial charge >= 0.3 is 0 Å². The van der Waals surface area contributed by atoms with Crippen molar-refractivity contribution in [1.29, 1.82) is 5.26 Å². The second-order valence-electron chi connectivity index (χ2n) is 4.63. The summed E-state index contributed by atoms with van der Waals surface area (Å²) in [5.41, 5.74) is 1.90. The molecule has 23 heavy (non-hydrogen) atoms. The van der Waals surface area contributed by atoms with Crippen LogP contribution in [0.5, 0.6) is 0 Å². The van der Waals surface area contributed by atoms with Crippen molar-refractivity contribution in [3.05, 3.63) is 65.7 Å². The number of rotatable bonds is 4. The molecule has 0 saturated carbocycles. The molecule has 5 nitrogen and oxygen atoms in total. The Balaban J connectivity index is 2.15. The Bertz CT molecular complexity index is 824. The lowest BCUT2D eigenvalue weighted by Gasteiger charge is -2.08. The lowest BCUT2D eigenvalue weighted by molar-refractivity contribution is 0.597. The Morgan fingerprint density at radius 1 is 1.17 bits per heavy atom. The van der Waals surface area contributed by atoms with E-state index in [9.17, 15) is 8.42 Å². The molecule has 0 atom stereocenters. The molecule has 0 heterocycles. The van der Waals surface area contributed by atoms with Crippen LogP contribution >= 0.6 is 11.8 Å². The summed E-state index contributed by atoms with van der Waals surface area (Å²) in [4.78, 5) is 0. The van der Waals surface area contributed by atoms with Gasteiger partial charge in [0, 0.05) is 5.69 Å². The number of thioether (sulfide) groups is 1. The number of anilines is 1. The first kappa shape index (κ1) is 17.1. The minimum atomic E-state index is -3.63. The van der Waals surface area contributed by atoms with Crippen LogP contribution in [0.2, 0.25) is 0 Å². The van der Waals surface area contributed by atoms with E-state index in [4.69, 9.17) is 5.26 Å². The summed E-state index contributed by atoms with van der Waals surface area (Å²) in [6, 6.07) is 17.6. The van der Waals surface area contributed by atoms with E-state index in [1.165, 1.54) is 11.8 Å². The van der Waals surface area contributed by atoms with Crippen LogP contribution in [0, 0.1) is 11.3 Å². The van der Waals surface area contributed by atoms with Crippen LogP contribution in [0.4, 0.5) is 5.69 Å². The van der Waals surface area contributed by atoms with Crippen molar-refractivity contribution < 1.29 is 8.42 Å². The summed E-state index contributed by atoms with van der Waals surface area (Å²) < 4.78 is 28.2. The quantitative estimate of drug-likeness (QED) is 0.679. The van der Waals surface area contributed by atoms with Crippen molar-refractivity contribution in [3.8, 4) is 6.07 Å². The largest absolute Gasteiger partial charge is 0.334 e. The van der Waals surface area contributed by atoms with Gasteiger partial charge in [-0.2, -0.15) is 5.26 Å². The first-order valence-corrected chi connectivity index (χ1v) is 9.53. The van der Waals surface area contributed by atoms with E-state index in [1.807, 2.05) is 12.1 Å². The van der Waals surface area contributed by atoms with Gasteiger partial charge in [0.2, 0.25) is 0 Å². The van der Waals surface area contributed by atoms with Gasteiger partial charge in [-0.15, -0.1) is 4.40 Å². The molecule has 7 heteroatoms. The Hall–Kier alpha value is -2.30. The maximum atomic E-state index is 12.2. The standard InChI is InChI=1S/C16H15N3O2S2/c1-22-16(18-15-9-7-13(11-17)8-10-15)19-23(20,21)12-14-5-3-2-4-6-14/h2-10H,12H2,1H3,(H,18,19). The van der Waals surface area contributed by atoms with Crippen LogP contribution in [-0.4, -0.2) is 19.8 Å². The number of sulfonamides is 1. The highest BCUT2D eigenvalue weighted by Gasteiger charge is 2.12. The lowest BCUT2D eigenvalue weighted by atomic mass is 10.2. The van der Waals surface area contributed by atoms with Gasteiger partial charge in [-0.05, 0) is 36.1 Å². The molecule has 2 aromatic rings. The maximum absolute atomic E-state index is 12.2. The third-order valence-electron chi connectivity index (χ3n) is 2.87. The van der Waals surface area contributed by atoms with E-state index in [2.05, 4.69) is 9.71 Å². The molecule has 2 aromatic carbocycles. The van der Waals surface area contributed by atoms with Crippen LogP contribution in [0.1, 0.15) is 11.1 Å². The Morgan fingerprint density at radius 2 is 1.83 bits per heavy atom. The smallest absolute Gasteiger partial charge is 0.259 e. The summed E-state index contributed by atoms with van der Waals surface area (Å²) in [5.74, 6) is -0.146. The fraction of sp³-hybridized carbons (Fsp3) is 0.125. The third kappa shape index (κ3) is 5.43. The molecular formula is C16H15N3O2S2. The molecule has 118 valence electrons. The number of nitrogens with one attached hydrogen (secondary N) is 1. The fourth-order valence-electron chi connectivity index (χ4n) is 1.81. The van der Waals surface area contributed by atoms with E-state index in [0.29, 0.717) is 16.8 Å². The number of benzene rings is 2. The van der Waals surface area contributed by atoms with Crippen molar-refractivity contribution >= 4 is 32.6 Å². The van der Waals surface area contributed by atoms with Crippen molar-refractivity contribution in [2.75, 3.05) is 11.6 Å². The number of nitriles is 1. The van der Waals surface area contributed by atoms with Gasteiger partial charge in [-0.3, -0.25) is 0 Å². The molecule has 0 bridgehead atoms. The van der Waals surface area contributed by atoms with Crippen LogP contribution < -0.4 is 5.32 Å². The molecule has 0 aromatic heterocycles. The van der Waals surface area contributed by atoms with Crippen LogP contribution in [0.3, 0.4) is 0 Å². The highest BCUT2D eigenvalue weighted by molar-refractivity contribution is 8.14. The number of hydrogen-bond donors (Lipinski definition) is 1. The normalized spacial score (nSPS) is 11.7. The van der Waals surface area contributed by atoms with E-state index in [1.54, 1.807) is 54.8 Å². The van der Waals surface area contributed by atoms with Gasteiger partial charge in [-0.25, -0.2) is 8.42 Å². The zero-order valence-corrected chi connectivity index (χ0v) is 14.1. The van der Waals surface area contributed by atoms with Crippen LogP contribution in [-0.2, 0) is 15.8 Å². The van der Waals surface area contributed by atoms with E-state index >= 15 is 0 Å². The highest BCUT2D eigenvalue weighted by Crippen LogP contribution is 2.14. The molecule has 0 radical (unpaired) electrons. The average molecular weight is 345 g/mol. The molecule has 0 unspecified atom stereocenters. The average Bonchev–Trinajstić information content (AvgIpc) is 2.55. The second kappa shape index (κ2) is 7.81. The van der Waals surface area contributed by atoms with Gasteiger partial charge in [0.1, 0.15) is 0 Å². The zero-order chi connectivity index (χ0) is 16.7. The van der Waals surface area contributed by atoms with Crippen molar-refractivity contribution in [3.63, 3.8) is 0 Å².